The maximum absolute atomic E-state index is 13.4. The van der Waals surface area contributed by atoms with Crippen molar-refractivity contribution in [2.24, 2.45) is 0 Å². The summed E-state index contributed by atoms with van der Waals surface area (Å²) in [5.74, 6) is -1.15. The number of methoxy groups -OCH3 is 2. The van der Waals surface area contributed by atoms with Crippen LogP contribution in [-0.4, -0.2) is 46.5 Å². The lowest BCUT2D eigenvalue weighted by atomic mass is 10.2. The molecule has 2 heterocycles. The van der Waals surface area contributed by atoms with Gasteiger partial charge < -0.3 is 24.8 Å². The van der Waals surface area contributed by atoms with Crippen LogP contribution in [0.5, 0.6) is 23.3 Å². The van der Waals surface area contributed by atoms with Crippen LogP contribution in [0.15, 0.2) is 48.9 Å². The average Bonchev–Trinajstić information content (AvgIpc) is 3.68. The number of nitrogens with zero attached hydrogens (tertiary/aromatic N) is 3. The fourth-order valence-corrected chi connectivity index (χ4v) is 3.35. The second-order valence-electron chi connectivity index (χ2n) is 8.12. The number of ether oxygens (including phenoxy) is 3. The van der Waals surface area contributed by atoms with Crippen molar-refractivity contribution >= 4 is 11.8 Å². The summed E-state index contributed by atoms with van der Waals surface area (Å²) in [5.41, 5.74) is -1.40. The molecule has 0 spiro atoms. The van der Waals surface area contributed by atoms with Gasteiger partial charge in [0.1, 0.15) is 28.4 Å². The maximum atomic E-state index is 13.4. The maximum Gasteiger partial charge on any atom is 0.420 e. The molecule has 0 atom stereocenters. The summed E-state index contributed by atoms with van der Waals surface area (Å²) < 4.78 is 55.3. The minimum atomic E-state index is -4.64. The first-order chi connectivity index (χ1) is 17.6. The van der Waals surface area contributed by atoms with E-state index in [1.54, 1.807) is 0 Å². The van der Waals surface area contributed by atoms with E-state index in [4.69, 9.17) is 14.2 Å². The average molecular weight is 517 g/mol. The number of aromatic nitrogens is 3. The number of benzene rings is 1. The Hall–Kier alpha value is -4.42. The summed E-state index contributed by atoms with van der Waals surface area (Å²) in [4.78, 5) is 37.1. The standard InChI is InChI=1S/C24H22F3N5O5/c1-35-16-5-6-19(18(9-16)24(25,26)27)37-17-4-3-15(28-13-17)12-29-21(34)23(7-8-23)32-20(33)14-10-30-22(36-2)31-11-14/h3-6,9-11,13H,7-8,12H2,1-2H3,(H,29,34)(H,32,33). The highest BCUT2D eigenvalue weighted by Crippen LogP contribution is 2.40. The Bertz CT molecular complexity index is 1280. The Kier molecular flexibility index (Phi) is 7.14. The molecule has 1 aromatic carbocycles. The lowest BCUT2D eigenvalue weighted by Gasteiger charge is -2.17. The molecule has 1 fully saturated rings. The fourth-order valence-electron chi connectivity index (χ4n) is 3.35. The Balaban J connectivity index is 1.34. The van der Waals surface area contributed by atoms with Gasteiger partial charge in [0.25, 0.3) is 5.91 Å². The topological polar surface area (TPSA) is 125 Å². The van der Waals surface area contributed by atoms with Crippen LogP contribution in [0.2, 0.25) is 0 Å². The molecule has 10 nitrogen and oxygen atoms in total. The number of halogens is 3. The van der Waals surface area contributed by atoms with Crippen molar-refractivity contribution in [3.05, 3.63) is 65.7 Å². The van der Waals surface area contributed by atoms with Crippen molar-refractivity contribution < 1.29 is 37.0 Å². The van der Waals surface area contributed by atoms with Crippen LogP contribution >= 0.6 is 0 Å². The first kappa shape index (κ1) is 25.7. The normalized spacial score (nSPS) is 13.9. The summed E-state index contributed by atoms with van der Waals surface area (Å²) in [6.45, 7) is 0.0404. The van der Waals surface area contributed by atoms with E-state index in [-0.39, 0.29) is 35.5 Å². The van der Waals surface area contributed by atoms with Gasteiger partial charge in [0.15, 0.2) is 0 Å². The van der Waals surface area contributed by atoms with Gasteiger partial charge in [0.2, 0.25) is 5.91 Å². The number of nitrogens with one attached hydrogen (secondary N) is 2. The second-order valence-corrected chi connectivity index (χ2v) is 8.12. The van der Waals surface area contributed by atoms with Gasteiger partial charge in [-0.15, -0.1) is 0 Å². The quantitative estimate of drug-likeness (QED) is 0.443. The number of carbonyl (C=O) groups is 2. The summed E-state index contributed by atoms with van der Waals surface area (Å²) in [5, 5.41) is 5.42. The highest BCUT2D eigenvalue weighted by Gasteiger charge is 2.51. The highest BCUT2D eigenvalue weighted by molar-refractivity contribution is 6.00. The zero-order valence-corrected chi connectivity index (χ0v) is 19.8. The third-order valence-corrected chi connectivity index (χ3v) is 5.56. The fraction of sp³-hybridized carbons (Fsp3) is 0.292. The zero-order chi connectivity index (χ0) is 26.6. The molecule has 37 heavy (non-hydrogen) atoms. The van der Waals surface area contributed by atoms with Gasteiger partial charge in [-0.2, -0.15) is 13.2 Å². The first-order valence-electron chi connectivity index (χ1n) is 11.0. The molecule has 0 saturated heterocycles. The van der Waals surface area contributed by atoms with E-state index in [2.05, 4.69) is 25.6 Å². The largest absolute Gasteiger partial charge is 0.497 e. The van der Waals surface area contributed by atoms with Crippen molar-refractivity contribution in [3.8, 4) is 23.3 Å². The summed E-state index contributed by atoms with van der Waals surface area (Å²) in [6.07, 6.45) is 0.134. The number of pyridine rings is 1. The molecule has 0 bridgehead atoms. The van der Waals surface area contributed by atoms with Crippen molar-refractivity contribution in [3.63, 3.8) is 0 Å². The Morgan fingerprint density at radius 3 is 2.24 bits per heavy atom. The zero-order valence-electron chi connectivity index (χ0n) is 19.8. The third-order valence-electron chi connectivity index (χ3n) is 5.56. The molecule has 1 saturated carbocycles. The molecule has 1 aliphatic carbocycles. The number of hydrogen-bond donors (Lipinski definition) is 2. The third kappa shape index (κ3) is 6.05. The molecule has 1 aliphatic rings. The number of amides is 2. The number of rotatable bonds is 9. The van der Waals surface area contributed by atoms with Crippen LogP contribution in [0.25, 0.3) is 0 Å². The van der Waals surface area contributed by atoms with E-state index in [0.717, 1.165) is 12.1 Å². The minimum Gasteiger partial charge on any atom is -0.497 e. The number of carbonyl (C=O) groups excluding carboxylic acids is 2. The van der Waals surface area contributed by atoms with Gasteiger partial charge in [-0.25, -0.2) is 9.97 Å². The molecule has 0 aliphatic heterocycles. The van der Waals surface area contributed by atoms with Crippen LogP contribution in [0.1, 0.15) is 34.5 Å². The smallest absolute Gasteiger partial charge is 0.420 e. The van der Waals surface area contributed by atoms with E-state index in [0.29, 0.717) is 18.5 Å². The van der Waals surface area contributed by atoms with Crippen molar-refractivity contribution in [2.75, 3.05) is 14.2 Å². The lowest BCUT2D eigenvalue weighted by Crippen LogP contribution is -2.48. The molecule has 13 heteroatoms. The van der Waals surface area contributed by atoms with Gasteiger partial charge in [-0.1, -0.05) is 0 Å². The van der Waals surface area contributed by atoms with Crippen LogP contribution in [0.4, 0.5) is 13.2 Å². The van der Waals surface area contributed by atoms with E-state index in [1.165, 1.54) is 51.0 Å². The van der Waals surface area contributed by atoms with E-state index >= 15 is 0 Å². The minimum absolute atomic E-state index is 0.0404. The molecule has 2 aromatic heterocycles. The van der Waals surface area contributed by atoms with Gasteiger partial charge in [0.05, 0.1) is 38.2 Å². The molecular weight excluding hydrogens is 495 g/mol. The second kappa shape index (κ2) is 10.3. The predicted octanol–water partition coefficient (Wildman–Crippen LogP) is 3.28. The van der Waals surface area contributed by atoms with Crippen molar-refractivity contribution in [1.29, 1.82) is 0 Å². The van der Waals surface area contributed by atoms with Crippen LogP contribution in [0.3, 0.4) is 0 Å². The molecule has 4 rings (SSSR count). The van der Waals surface area contributed by atoms with Gasteiger partial charge in [0, 0.05) is 12.4 Å². The molecule has 0 radical (unpaired) electrons. The number of alkyl halides is 3. The summed E-state index contributed by atoms with van der Waals surface area (Å²) >= 11 is 0. The molecule has 2 amide bonds. The van der Waals surface area contributed by atoms with Crippen molar-refractivity contribution in [2.45, 2.75) is 31.1 Å². The Morgan fingerprint density at radius 2 is 1.68 bits per heavy atom. The first-order valence-corrected chi connectivity index (χ1v) is 11.0. The molecule has 2 N–H and O–H groups in total. The highest BCUT2D eigenvalue weighted by atomic mass is 19.4. The summed E-state index contributed by atoms with van der Waals surface area (Å²) in [7, 11) is 2.67. The van der Waals surface area contributed by atoms with Gasteiger partial charge in [-0.3, -0.25) is 14.6 Å². The van der Waals surface area contributed by atoms with Gasteiger partial charge in [-0.05, 0) is 43.2 Å². The summed E-state index contributed by atoms with van der Waals surface area (Å²) in [6, 6.07) is 6.44. The molecule has 194 valence electrons. The molecule has 0 unspecified atom stereocenters. The van der Waals surface area contributed by atoms with E-state index in [9.17, 15) is 22.8 Å². The van der Waals surface area contributed by atoms with Crippen LogP contribution < -0.4 is 24.8 Å². The Morgan fingerprint density at radius 1 is 0.973 bits per heavy atom. The molecule has 3 aromatic rings. The predicted molar refractivity (Wildman–Crippen MR) is 122 cm³/mol. The van der Waals surface area contributed by atoms with Crippen molar-refractivity contribution in [1.82, 2.24) is 25.6 Å². The van der Waals surface area contributed by atoms with Gasteiger partial charge >= 0.3 is 12.2 Å². The van der Waals surface area contributed by atoms with E-state index in [1.807, 2.05) is 0 Å². The van der Waals surface area contributed by atoms with Crippen LogP contribution in [-0.2, 0) is 17.5 Å². The molecular formula is C24H22F3N5O5. The Labute approximate surface area is 209 Å². The monoisotopic (exact) mass is 517 g/mol. The SMILES string of the molecule is COc1ccc(Oc2ccc(CNC(=O)C3(NC(=O)c4cnc(OC)nc4)CC3)nc2)c(C(F)(F)F)c1. The lowest BCUT2D eigenvalue weighted by molar-refractivity contribution is -0.138. The number of hydrogen-bond acceptors (Lipinski definition) is 8. The van der Waals surface area contributed by atoms with Crippen LogP contribution in [0, 0.1) is 0 Å². The van der Waals surface area contributed by atoms with E-state index < -0.39 is 28.9 Å².